The average Bonchev–Trinajstić information content (AvgIpc) is 2.98. The number of hydrogen-bond acceptors (Lipinski definition) is 4. The molecule has 1 amide bonds. The van der Waals surface area contributed by atoms with Gasteiger partial charge >= 0.3 is 0 Å². The second-order valence-electron chi connectivity index (χ2n) is 6.45. The van der Waals surface area contributed by atoms with Crippen LogP contribution in [0.1, 0.15) is 76.4 Å². The first-order valence-corrected chi connectivity index (χ1v) is 8.72. The van der Waals surface area contributed by atoms with Gasteiger partial charge in [-0.2, -0.15) is 4.98 Å². The number of carbonyl (C=O) groups excluding carboxylic acids is 1. The molecule has 1 aromatic rings. The summed E-state index contributed by atoms with van der Waals surface area (Å²) in [5, 5.41) is 4.02. The monoisotopic (exact) mass is 307 g/mol. The predicted octanol–water partition coefficient (Wildman–Crippen LogP) is 3.69. The molecule has 1 atom stereocenters. The minimum absolute atomic E-state index is 0.325. The maximum absolute atomic E-state index is 12.5. The van der Waals surface area contributed by atoms with E-state index in [1.165, 1.54) is 19.3 Å². The molecule has 0 bridgehead atoms. The van der Waals surface area contributed by atoms with E-state index >= 15 is 0 Å². The molecule has 2 heterocycles. The lowest BCUT2D eigenvalue weighted by atomic mass is 9.93. The average molecular weight is 307 g/mol. The summed E-state index contributed by atoms with van der Waals surface area (Å²) in [6.45, 7) is 7.86. The van der Waals surface area contributed by atoms with Crippen LogP contribution in [0.5, 0.6) is 0 Å². The number of carbonyl (C=O) groups is 1. The van der Waals surface area contributed by atoms with Crippen LogP contribution in [0.4, 0.5) is 0 Å². The third-order valence-corrected chi connectivity index (χ3v) is 4.76. The first-order valence-electron chi connectivity index (χ1n) is 8.72. The van der Waals surface area contributed by atoms with Crippen molar-refractivity contribution in [3.8, 4) is 0 Å². The summed E-state index contributed by atoms with van der Waals surface area (Å²) in [6.07, 6.45) is 7.31. The second-order valence-corrected chi connectivity index (χ2v) is 6.45. The van der Waals surface area contributed by atoms with Crippen molar-refractivity contribution in [2.24, 2.45) is 5.92 Å². The molecule has 0 N–H and O–H groups in total. The van der Waals surface area contributed by atoms with Gasteiger partial charge in [-0.3, -0.25) is 4.79 Å². The lowest BCUT2D eigenvalue weighted by Gasteiger charge is -2.31. The van der Waals surface area contributed by atoms with E-state index in [9.17, 15) is 4.79 Å². The molecule has 22 heavy (non-hydrogen) atoms. The Bertz CT molecular complexity index is 464. The van der Waals surface area contributed by atoms with Gasteiger partial charge in [0.15, 0.2) is 5.82 Å². The van der Waals surface area contributed by atoms with E-state index < -0.39 is 0 Å². The normalized spacial score (nSPS) is 17.7. The molecular weight excluding hydrogens is 278 g/mol. The molecule has 5 nitrogen and oxygen atoms in total. The van der Waals surface area contributed by atoms with Gasteiger partial charge < -0.3 is 9.42 Å². The minimum atomic E-state index is 0.325. The summed E-state index contributed by atoms with van der Waals surface area (Å²) in [5.41, 5.74) is 0. The predicted molar refractivity (Wildman–Crippen MR) is 85.5 cm³/mol. The number of piperidine rings is 1. The summed E-state index contributed by atoms with van der Waals surface area (Å²) in [6, 6.07) is 0. The summed E-state index contributed by atoms with van der Waals surface area (Å²) in [4.78, 5) is 18.8. The lowest BCUT2D eigenvalue weighted by Crippen LogP contribution is -2.38. The highest BCUT2D eigenvalue weighted by atomic mass is 16.5. The highest BCUT2D eigenvalue weighted by Gasteiger charge is 2.27. The van der Waals surface area contributed by atoms with Crippen LogP contribution in [-0.4, -0.2) is 34.0 Å². The highest BCUT2D eigenvalue weighted by molar-refractivity contribution is 5.76. The Morgan fingerprint density at radius 2 is 2.09 bits per heavy atom. The van der Waals surface area contributed by atoms with Gasteiger partial charge in [-0.1, -0.05) is 38.3 Å². The molecule has 0 spiro atoms. The molecule has 1 fully saturated rings. The van der Waals surface area contributed by atoms with Gasteiger partial charge in [0.25, 0.3) is 0 Å². The Balaban J connectivity index is 1.79. The highest BCUT2D eigenvalue weighted by Crippen LogP contribution is 2.27. The largest absolute Gasteiger partial charge is 0.343 e. The minimum Gasteiger partial charge on any atom is -0.343 e. The van der Waals surface area contributed by atoms with Crippen LogP contribution in [0.25, 0.3) is 0 Å². The summed E-state index contributed by atoms with van der Waals surface area (Å²) in [7, 11) is 0. The Hall–Kier alpha value is -1.39. The Labute approximate surface area is 133 Å². The molecule has 1 aliphatic rings. The number of rotatable bonds is 7. The first kappa shape index (κ1) is 17.0. The smallest absolute Gasteiger partial charge is 0.223 e. The molecule has 1 aromatic heterocycles. The third-order valence-electron chi connectivity index (χ3n) is 4.76. The van der Waals surface area contributed by atoms with E-state index in [4.69, 9.17) is 4.52 Å². The molecular formula is C17H29N3O2. The zero-order chi connectivity index (χ0) is 15.9. The van der Waals surface area contributed by atoms with Crippen molar-refractivity contribution in [2.75, 3.05) is 13.1 Å². The molecule has 1 saturated heterocycles. The maximum atomic E-state index is 12.5. The van der Waals surface area contributed by atoms with Crippen molar-refractivity contribution in [3.63, 3.8) is 0 Å². The third kappa shape index (κ3) is 4.55. The van der Waals surface area contributed by atoms with Crippen LogP contribution < -0.4 is 0 Å². The van der Waals surface area contributed by atoms with Gasteiger partial charge in [-0.25, -0.2) is 0 Å². The van der Waals surface area contributed by atoms with Crippen molar-refractivity contribution in [3.05, 3.63) is 11.7 Å². The van der Waals surface area contributed by atoms with Crippen LogP contribution in [0.15, 0.2) is 4.52 Å². The van der Waals surface area contributed by atoms with Gasteiger partial charge in [0.1, 0.15) is 0 Å². The molecule has 0 radical (unpaired) electrons. The van der Waals surface area contributed by atoms with Crippen LogP contribution in [-0.2, 0) is 4.79 Å². The standard InChI is InChI=1S/C17H29N3O2/c1-4-6-7-14(5-2)12-16(21)20-10-8-15(9-11-20)17-18-13(3)22-19-17/h14-15H,4-12H2,1-3H3/t14-/m0/s1. The number of amides is 1. The SMILES string of the molecule is CCCC[C@H](CC)CC(=O)N1CCC(c2noc(C)n2)CC1. The number of nitrogens with zero attached hydrogens (tertiary/aromatic N) is 3. The fourth-order valence-electron chi connectivity index (χ4n) is 3.19. The maximum Gasteiger partial charge on any atom is 0.223 e. The van der Waals surface area contributed by atoms with Crippen molar-refractivity contribution in [1.82, 2.24) is 15.0 Å². The molecule has 1 aliphatic heterocycles. The van der Waals surface area contributed by atoms with Gasteiger partial charge in [0.05, 0.1) is 0 Å². The van der Waals surface area contributed by atoms with E-state index in [-0.39, 0.29) is 0 Å². The molecule has 0 unspecified atom stereocenters. The number of likely N-dealkylation sites (tertiary alicyclic amines) is 1. The van der Waals surface area contributed by atoms with Crippen LogP contribution in [0.2, 0.25) is 0 Å². The van der Waals surface area contributed by atoms with Gasteiger partial charge in [-0.05, 0) is 25.2 Å². The van der Waals surface area contributed by atoms with Crippen molar-refractivity contribution < 1.29 is 9.32 Å². The van der Waals surface area contributed by atoms with Crippen molar-refractivity contribution >= 4 is 5.91 Å². The molecule has 124 valence electrons. The van der Waals surface area contributed by atoms with E-state index in [1.807, 2.05) is 11.8 Å². The van der Waals surface area contributed by atoms with Crippen LogP contribution in [0.3, 0.4) is 0 Å². The Morgan fingerprint density at radius 1 is 1.36 bits per heavy atom. The molecule has 5 heteroatoms. The number of aromatic nitrogens is 2. The molecule has 0 aromatic carbocycles. The zero-order valence-corrected chi connectivity index (χ0v) is 14.2. The summed E-state index contributed by atoms with van der Waals surface area (Å²) in [5.74, 6) is 2.63. The number of unbranched alkanes of at least 4 members (excludes halogenated alkanes) is 1. The molecule has 0 aliphatic carbocycles. The molecule has 2 rings (SSSR count). The fraction of sp³-hybridized carbons (Fsp3) is 0.824. The second kappa shape index (κ2) is 8.30. The van der Waals surface area contributed by atoms with Gasteiger partial charge in [-0.15, -0.1) is 0 Å². The van der Waals surface area contributed by atoms with Gasteiger partial charge in [0.2, 0.25) is 11.8 Å². The summed E-state index contributed by atoms with van der Waals surface area (Å²) >= 11 is 0. The Kier molecular flexibility index (Phi) is 6.40. The summed E-state index contributed by atoms with van der Waals surface area (Å²) < 4.78 is 5.06. The van der Waals surface area contributed by atoms with Crippen LogP contribution in [0, 0.1) is 12.8 Å². The topological polar surface area (TPSA) is 59.2 Å². The van der Waals surface area contributed by atoms with E-state index in [2.05, 4.69) is 24.0 Å². The lowest BCUT2D eigenvalue weighted by molar-refractivity contribution is -0.133. The number of hydrogen-bond donors (Lipinski definition) is 0. The van der Waals surface area contributed by atoms with E-state index in [1.54, 1.807) is 0 Å². The fourth-order valence-corrected chi connectivity index (χ4v) is 3.19. The van der Waals surface area contributed by atoms with E-state index in [0.717, 1.165) is 38.2 Å². The van der Waals surface area contributed by atoms with Gasteiger partial charge in [0, 0.05) is 32.4 Å². The van der Waals surface area contributed by atoms with Crippen molar-refractivity contribution in [2.45, 2.75) is 71.6 Å². The zero-order valence-electron chi connectivity index (χ0n) is 14.2. The van der Waals surface area contributed by atoms with Crippen LogP contribution >= 0.6 is 0 Å². The van der Waals surface area contributed by atoms with E-state index in [0.29, 0.717) is 30.1 Å². The Morgan fingerprint density at radius 3 is 2.64 bits per heavy atom. The molecule has 0 saturated carbocycles. The van der Waals surface area contributed by atoms with Crippen molar-refractivity contribution in [1.29, 1.82) is 0 Å². The quantitative estimate of drug-likeness (QED) is 0.771. The first-order chi connectivity index (χ1) is 10.6. The number of aryl methyl sites for hydroxylation is 1.